The van der Waals surface area contributed by atoms with Gasteiger partial charge in [0.25, 0.3) is 5.91 Å². The predicted molar refractivity (Wildman–Crippen MR) is 109 cm³/mol. The van der Waals surface area contributed by atoms with E-state index in [-0.39, 0.29) is 27.7 Å². The number of phenolic OH excluding ortho intramolecular Hbond substituents is 1. The number of carboxylic acids is 1. The van der Waals surface area contributed by atoms with Crippen LogP contribution in [0.5, 0.6) is 5.75 Å². The SMILES string of the molecule is CC(C)(C)c1c(O)ccc(/C=C2\SC(=NCC(=O)O)NC2=O)c1C(C)(C)C. The average molecular weight is 391 g/mol. The van der Waals surface area contributed by atoms with Gasteiger partial charge < -0.3 is 15.5 Å². The fourth-order valence-corrected chi connectivity index (χ4v) is 3.89. The fraction of sp³-hybridized carbons (Fsp3) is 0.450. The maximum Gasteiger partial charge on any atom is 0.325 e. The molecular weight excluding hydrogens is 364 g/mol. The van der Waals surface area contributed by atoms with Crippen molar-refractivity contribution in [2.24, 2.45) is 4.99 Å². The van der Waals surface area contributed by atoms with E-state index >= 15 is 0 Å². The van der Waals surface area contributed by atoms with Crippen LogP contribution in [0.2, 0.25) is 0 Å². The van der Waals surface area contributed by atoms with E-state index in [2.05, 4.69) is 31.1 Å². The van der Waals surface area contributed by atoms with E-state index in [0.29, 0.717) is 4.91 Å². The maximum absolute atomic E-state index is 12.3. The average Bonchev–Trinajstić information content (AvgIpc) is 2.84. The molecule has 0 spiro atoms. The minimum Gasteiger partial charge on any atom is -0.508 e. The topological polar surface area (TPSA) is 99.0 Å². The fourth-order valence-electron chi connectivity index (χ4n) is 3.08. The first-order chi connectivity index (χ1) is 12.3. The molecular formula is C20H26N2O4S. The maximum atomic E-state index is 12.3. The zero-order valence-electron chi connectivity index (χ0n) is 16.5. The van der Waals surface area contributed by atoms with Gasteiger partial charge in [-0.2, -0.15) is 0 Å². The summed E-state index contributed by atoms with van der Waals surface area (Å²) < 4.78 is 0. The molecule has 2 rings (SSSR count). The Morgan fingerprint density at radius 1 is 1.15 bits per heavy atom. The summed E-state index contributed by atoms with van der Waals surface area (Å²) in [7, 11) is 0. The third-order valence-electron chi connectivity index (χ3n) is 4.01. The lowest BCUT2D eigenvalue weighted by molar-refractivity contribution is -0.135. The van der Waals surface area contributed by atoms with Crippen LogP contribution in [0.15, 0.2) is 22.0 Å². The largest absolute Gasteiger partial charge is 0.508 e. The summed E-state index contributed by atoms with van der Waals surface area (Å²) >= 11 is 1.12. The van der Waals surface area contributed by atoms with Crippen molar-refractivity contribution in [3.8, 4) is 5.75 Å². The number of hydrogen-bond acceptors (Lipinski definition) is 5. The first-order valence-electron chi connectivity index (χ1n) is 8.65. The highest BCUT2D eigenvalue weighted by Crippen LogP contribution is 2.42. The number of carbonyl (C=O) groups is 2. The van der Waals surface area contributed by atoms with E-state index in [4.69, 9.17) is 5.11 Å². The van der Waals surface area contributed by atoms with Crippen molar-refractivity contribution >= 4 is 34.9 Å². The van der Waals surface area contributed by atoms with Crippen molar-refractivity contribution in [2.75, 3.05) is 6.54 Å². The molecule has 0 atom stereocenters. The molecule has 27 heavy (non-hydrogen) atoms. The van der Waals surface area contributed by atoms with E-state index in [1.165, 1.54) is 0 Å². The Morgan fingerprint density at radius 2 is 1.74 bits per heavy atom. The van der Waals surface area contributed by atoms with Gasteiger partial charge in [-0.1, -0.05) is 47.6 Å². The molecule has 1 aliphatic heterocycles. The van der Waals surface area contributed by atoms with Crippen molar-refractivity contribution in [3.05, 3.63) is 33.7 Å². The van der Waals surface area contributed by atoms with Crippen molar-refractivity contribution in [3.63, 3.8) is 0 Å². The van der Waals surface area contributed by atoms with E-state index in [0.717, 1.165) is 28.5 Å². The number of nitrogens with one attached hydrogen (secondary N) is 1. The molecule has 0 unspecified atom stereocenters. The van der Waals surface area contributed by atoms with Gasteiger partial charge in [-0.05, 0) is 45.9 Å². The Labute approximate surface area is 163 Å². The number of hydrogen-bond donors (Lipinski definition) is 3. The second-order valence-corrected chi connectivity index (χ2v) is 9.53. The summed E-state index contributed by atoms with van der Waals surface area (Å²) in [6.45, 7) is 11.9. The summed E-state index contributed by atoms with van der Waals surface area (Å²) in [5, 5.41) is 22.1. The molecule has 0 radical (unpaired) electrons. The number of nitrogens with zero attached hydrogens (tertiary/aromatic N) is 1. The normalized spacial score (nSPS) is 18.2. The van der Waals surface area contributed by atoms with Crippen LogP contribution in [-0.2, 0) is 20.4 Å². The van der Waals surface area contributed by atoms with Crippen LogP contribution in [0.1, 0.15) is 58.2 Å². The molecule has 7 heteroatoms. The Morgan fingerprint density at radius 3 is 2.26 bits per heavy atom. The summed E-state index contributed by atoms with van der Waals surface area (Å²) in [4.78, 5) is 27.2. The molecule has 1 heterocycles. The van der Waals surface area contributed by atoms with E-state index in [1.54, 1.807) is 18.2 Å². The highest BCUT2D eigenvalue weighted by molar-refractivity contribution is 8.18. The van der Waals surface area contributed by atoms with E-state index in [9.17, 15) is 14.7 Å². The van der Waals surface area contributed by atoms with E-state index in [1.807, 2.05) is 20.8 Å². The molecule has 146 valence electrons. The summed E-state index contributed by atoms with van der Waals surface area (Å²) in [5.41, 5.74) is 2.15. The second-order valence-electron chi connectivity index (χ2n) is 8.50. The molecule has 0 aliphatic carbocycles. The lowest BCUT2D eigenvalue weighted by Gasteiger charge is -2.32. The van der Waals surface area contributed by atoms with E-state index < -0.39 is 12.5 Å². The summed E-state index contributed by atoms with van der Waals surface area (Å²) in [6, 6.07) is 3.46. The van der Waals surface area contributed by atoms with Gasteiger partial charge in [-0.15, -0.1) is 0 Å². The number of carbonyl (C=O) groups excluding carboxylic acids is 1. The van der Waals surface area contributed by atoms with Crippen LogP contribution in [0, 0.1) is 0 Å². The molecule has 0 saturated carbocycles. The zero-order chi connectivity index (χ0) is 20.6. The summed E-state index contributed by atoms with van der Waals surface area (Å²) in [6.07, 6.45) is 1.78. The van der Waals surface area contributed by atoms with Crippen LogP contribution in [0.3, 0.4) is 0 Å². The molecule has 6 nitrogen and oxygen atoms in total. The first-order valence-corrected chi connectivity index (χ1v) is 9.46. The van der Waals surface area contributed by atoms with Crippen LogP contribution in [0.4, 0.5) is 0 Å². The van der Waals surface area contributed by atoms with Gasteiger partial charge in [-0.25, -0.2) is 0 Å². The van der Waals surface area contributed by atoms with Crippen molar-refractivity contribution in [2.45, 2.75) is 52.4 Å². The zero-order valence-corrected chi connectivity index (χ0v) is 17.3. The van der Waals surface area contributed by atoms with Crippen LogP contribution in [-0.4, -0.2) is 33.8 Å². The third kappa shape index (κ3) is 4.91. The van der Waals surface area contributed by atoms with Crippen molar-refractivity contribution in [1.82, 2.24) is 5.32 Å². The lowest BCUT2D eigenvalue weighted by Crippen LogP contribution is -2.23. The van der Waals surface area contributed by atoms with Gasteiger partial charge in [0.05, 0.1) is 4.91 Å². The molecule has 1 aliphatic rings. The van der Waals surface area contributed by atoms with Crippen LogP contribution < -0.4 is 5.32 Å². The molecule has 1 saturated heterocycles. The van der Waals surface area contributed by atoms with Gasteiger partial charge in [0.15, 0.2) is 5.17 Å². The number of carboxylic acid groups (broad SMARTS) is 1. The molecule has 1 aromatic rings. The first kappa shape index (κ1) is 21.0. The number of benzene rings is 1. The predicted octanol–water partition coefficient (Wildman–Crippen LogP) is 3.63. The third-order valence-corrected chi connectivity index (χ3v) is 4.96. The molecule has 1 aromatic carbocycles. The van der Waals surface area contributed by atoms with Crippen molar-refractivity contribution in [1.29, 1.82) is 0 Å². The Kier molecular flexibility index (Phi) is 5.75. The smallest absolute Gasteiger partial charge is 0.325 e. The Bertz CT molecular complexity index is 843. The number of aliphatic carboxylic acids is 1. The molecule has 0 aromatic heterocycles. The number of thioether (sulfide) groups is 1. The standard InChI is InChI=1S/C20H26N2O4S/c1-19(2,3)15-11(7-8-12(23)16(15)20(4,5)6)9-13-17(26)22-18(27-13)21-10-14(24)25/h7-9,23H,10H2,1-6H3,(H,24,25)(H,21,22,26)/b13-9-. The highest BCUT2D eigenvalue weighted by atomic mass is 32.2. The van der Waals surface area contributed by atoms with Gasteiger partial charge in [0.1, 0.15) is 12.3 Å². The minimum atomic E-state index is -1.06. The monoisotopic (exact) mass is 390 g/mol. The van der Waals surface area contributed by atoms with Crippen LogP contribution in [0.25, 0.3) is 6.08 Å². The van der Waals surface area contributed by atoms with Gasteiger partial charge >= 0.3 is 5.97 Å². The number of amidine groups is 1. The molecule has 1 fully saturated rings. The highest BCUT2D eigenvalue weighted by Gasteiger charge is 2.31. The number of amides is 1. The van der Waals surface area contributed by atoms with Gasteiger partial charge in [-0.3, -0.25) is 14.6 Å². The second kappa shape index (κ2) is 7.38. The molecule has 0 bridgehead atoms. The van der Waals surface area contributed by atoms with Gasteiger partial charge in [0, 0.05) is 5.56 Å². The Hall–Kier alpha value is -2.28. The molecule has 3 N–H and O–H groups in total. The van der Waals surface area contributed by atoms with Crippen LogP contribution >= 0.6 is 11.8 Å². The number of phenols is 1. The minimum absolute atomic E-state index is 0.238. The Balaban J connectivity index is 2.57. The molecule has 1 amide bonds. The number of rotatable bonds is 3. The lowest BCUT2D eigenvalue weighted by atomic mass is 9.72. The van der Waals surface area contributed by atoms with Crippen molar-refractivity contribution < 1.29 is 19.8 Å². The summed E-state index contributed by atoms with van der Waals surface area (Å²) in [5.74, 6) is -1.13. The number of aromatic hydroxyl groups is 1. The van der Waals surface area contributed by atoms with Gasteiger partial charge in [0.2, 0.25) is 0 Å². The number of aliphatic imine (C=N–C) groups is 1. The quantitative estimate of drug-likeness (QED) is 0.685.